The summed E-state index contributed by atoms with van der Waals surface area (Å²) in [5.74, 6) is -0.476. The van der Waals surface area contributed by atoms with Gasteiger partial charge in [-0.2, -0.15) is 0 Å². The lowest BCUT2D eigenvalue weighted by Crippen LogP contribution is -2.47. The molecule has 0 aliphatic rings. The van der Waals surface area contributed by atoms with E-state index in [0.29, 0.717) is 23.9 Å². The zero-order valence-electron chi connectivity index (χ0n) is 55.3. The Morgan fingerprint density at radius 3 is 1.01 bits per heavy atom. The van der Waals surface area contributed by atoms with Gasteiger partial charge in [-0.25, -0.2) is 4.57 Å². The smallest absolute Gasteiger partial charge is 0.456 e. The van der Waals surface area contributed by atoms with Gasteiger partial charge in [0.15, 0.2) is 0 Å². The van der Waals surface area contributed by atoms with Crippen LogP contribution in [0.4, 0.5) is 0 Å². The lowest BCUT2D eigenvalue weighted by molar-refractivity contribution is -0.870. The van der Waals surface area contributed by atoms with E-state index in [9.17, 15) is 19.0 Å². The summed E-state index contributed by atoms with van der Waals surface area (Å²) in [4.78, 5) is 37.9. The molecule has 0 rings (SSSR count). The van der Waals surface area contributed by atoms with E-state index in [-0.39, 0.29) is 25.1 Å². The van der Waals surface area contributed by atoms with Crippen molar-refractivity contribution in [3.63, 3.8) is 0 Å². The highest BCUT2D eigenvalue weighted by atomic mass is 31.2. The molecule has 0 radical (unpaired) electrons. The number of nitrogens with zero attached hydrogens (tertiary/aromatic N) is 1. The van der Waals surface area contributed by atoms with E-state index in [1.54, 1.807) is 0 Å². The first-order chi connectivity index (χ1) is 39.4. The van der Waals surface area contributed by atoms with Crippen molar-refractivity contribution < 1.29 is 37.3 Å². The molecule has 10 heteroatoms. The number of phosphoric ester groups is 1. The van der Waals surface area contributed by atoms with Crippen LogP contribution in [0.1, 0.15) is 380 Å². The number of phosphoric acid groups is 1. The second kappa shape index (κ2) is 61.8. The molecule has 0 fully saturated rings. The molecule has 3 unspecified atom stereocenters. The maximum Gasteiger partial charge on any atom is 0.472 e. The molecule has 1 amide bonds. The van der Waals surface area contributed by atoms with Crippen molar-refractivity contribution in [2.75, 3.05) is 40.9 Å². The molecule has 0 aliphatic carbocycles. The van der Waals surface area contributed by atoms with Crippen molar-refractivity contribution in [3.8, 4) is 0 Å². The number of rotatable bonds is 67. The number of carbonyl (C=O) groups excluding carboxylic acids is 2. The second-order valence-electron chi connectivity index (χ2n) is 26.1. The molecule has 0 aromatic heterocycles. The van der Waals surface area contributed by atoms with E-state index in [4.69, 9.17) is 13.8 Å². The minimum Gasteiger partial charge on any atom is -0.456 e. The van der Waals surface area contributed by atoms with Crippen molar-refractivity contribution in [2.45, 2.75) is 392 Å². The van der Waals surface area contributed by atoms with Gasteiger partial charge in [0.2, 0.25) is 5.91 Å². The van der Waals surface area contributed by atoms with Gasteiger partial charge >= 0.3 is 13.8 Å². The first kappa shape index (κ1) is 79.8. The number of quaternary nitrogens is 1. The Bertz CT molecular complexity index is 1390. The highest BCUT2D eigenvalue weighted by molar-refractivity contribution is 7.47. The topological polar surface area (TPSA) is 111 Å². The van der Waals surface area contributed by atoms with Gasteiger partial charge in [0.1, 0.15) is 19.3 Å². The van der Waals surface area contributed by atoms with E-state index in [1.165, 1.54) is 289 Å². The second-order valence-corrected chi connectivity index (χ2v) is 27.6. The maximum atomic E-state index is 13.6. The minimum absolute atomic E-state index is 0.0462. The van der Waals surface area contributed by atoms with Crippen LogP contribution in [0.3, 0.4) is 0 Å². The van der Waals surface area contributed by atoms with E-state index < -0.39 is 20.0 Å². The van der Waals surface area contributed by atoms with Crippen LogP contribution < -0.4 is 5.32 Å². The summed E-state index contributed by atoms with van der Waals surface area (Å²) in [5.41, 5.74) is 0. The summed E-state index contributed by atoms with van der Waals surface area (Å²) in [6.45, 7) is 7.10. The van der Waals surface area contributed by atoms with Crippen LogP contribution in [0.2, 0.25) is 0 Å². The van der Waals surface area contributed by atoms with Gasteiger partial charge in [-0.1, -0.05) is 348 Å². The molecule has 482 valence electrons. The average molecular weight is 1170 g/mol. The van der Waals surface area contributed by atoms with Crippen molar-refractivity contribution >= 4 is 19.7 Å². The number of nitrogens with one attached hydrogen (secondary N) is 1. The molecular formula is C71H142N2O7P+. The Morgan fingerprint density at radius 1 is 0.420 bits per heavy atom. The molecule has 81 heavy (non-hydrogen) atoms. The van der Waals surface area contributed by atoms with Gasteiger partial charge in [-0.3, -0.25) is 18.6 Å². The van der Waals surface area contributed by atoms with E-state index in [0.717, 1.165) is 57.8 Å². The average Bonchev–Trinajstić information content (AvgIpc) is 3.44. The molecular weight excluding hydrogens is 1020 g/mol. The standard InChI is InChI=1S/C71H141N2O7P/c1-7-10-13-16-19-22-25-28-30-32-33-34-35-36-37-38-39-41-42-45-48-51-54-57-60-63-70(74)72-68(67-79-81(76,77)78-66-65-73(4,5)6)69(62-59-56-53-50-47-44-27-24-21-18-15-12-9-3)80-71(75)64-61-58-55-52-49-46-43-40-31-29-26-23-20-17-14-11-8-2/h59,62,68-69H,7-58,60-61,63-67H2,1-6H3,(H-,72,74,76,77)/p+1/b62-59-. The lowest BCUT2D eigenvalue weighted by Gasteiger charge is -2.27. The third kappa shape index (κ3) is 63.1. The quantitative estimate of drug-likeness (QED) is 0.0205. The Kier molecular flexibility index (Phi) is 60.9. The van der Waals surface area contributed by atoms with Crippen LogP contribution in [0.5, 0.6) is 0 Å². The Morgan fingerprint density at radius 2 is 0.704 bits per heavy atom. The highest BCUT2D eigenvalue weighted by Gasteiger charge is 2.30. The largest absolute Gasteiger partial charge is 0.472 e. The predicted octanol–water partition coefficient (Wildman–Crippen LogP) is 22.7. The fourth-order valence-corrected chi connectivity index (χ4v) is 11.9. The SMILES string of the molecule is CCCCCCCCCCCCC/C=C\C(OC(=O)CCCCCCCCCCCCCCCCCCC)C(COP(=O)(O)OCC[N+](C)(C)C)NC(=O)CCCCCCCCCCCCCCCCCCCCCCCCCCC. The molecule has 0 saturated carbocycles. The van der Waals surface area contributed by atoms with E-state index in [1.807, 2.05) is 27.2 Å². The number of carbonyl (C=O) groups is 2. The Labute approximate surface area is 505 Å². The summed E-state index contributed by atoms with van der Waals surface area (Å²) in [6, 6.07) is -0.840. The van der Waals surface area contributed by atoms with Crippen molar-refractivity contribution in [1.82, 2.24) is 5.32 Å². The number of unbranched alkanes of at least 4 members (excludes halogenated alkanes) is 51. The Hall–Kier alpha value is -1.25. The molecule has 2 N–H and O–H groups in total. The van der Waals surface area contributed by atoms with Crippen LogP contribution in [0.25, 0.3) is 0 Å². The predicted molar refractivity (Wildman–Crippen MR) is 351 cm³/mol. The van der Waals surface area contributed by atoms with E-state index in [2.05, 4.69) is 32.2 Å². The molecule has 9 nitrogen and oxygen atoms in total. The van der Waals surface area contributed by atoms with Crippen LogP contribution in [-0.4, -0.2) is 74.3 Å². The van der Waals surface area contributed by atoms with Gasteiger partial charge in [0.05, 0.1) is 33.8 Å². The maximum absolute atomic E-state index is 13.6. The first-order valence-corrected chi connectivity index (χ1v) is 37.5. The zero-order valence-corrected chi connectivity index (χ0v) is 56.2. The van der Waals surface area contributed by atoms with Crippen molar-refractivity contribution in [1.29, 1.82) is 0 Å². The van der Waals surface area contributed by atoms with Crippen LogP contribution in [0, 0.1) is 0 Å². The first-order valence-electron chi connectivity index (χ1n) is 36.0. The highest BCUT2D eigenvalue weighted by Crippen LogP contribution is 2.43. The van der Waals surface area contributed by atoms with Crippen LogP contribution in [0.15, 0.2) is 12.2 Å². The number of hydrogen-bond donors (Lipinski definition) is 2. The van der Waals surface area contributed by atoms with Gasteiger partial charge in [-0.05, 0) is 31.8 Å². The molecule has 0 aromatic carbocycles. The van der Waals surface area contributed by atoms with Gasteiger partial charge in [0, 0.05) is 12.8 Å². The van der Waals surface area contributed by atoms with Gasteiger partial charge < -0.3 is 19.4 Å². The monoisotopic (exact) mass is 1170 g/mol. The van der Waals surface area contributed by atoms with Crippen LogP contribution >= 0.6 is 7.82 Å². The number of allylic oxidation sites excluding steroid dienone is 1. The minimum atomic E-state index is -4.45. The van der Waals surface area contributed by atoms with Crippen molar-refractivity contribution in [3.05, 3.63) is 12.2 Å². The fourth-order valence-electron chi connectivity index (χ4n) is 11.2. The molecule has 0 aliphatic heterocycles. The van der Waals surface area contributed by atoms with Crippen LogP contribution in [-0.2, 0) is 27.9 Å². The fraction of sp³-hybridized carbons (Fsp3) is 0.944. The summed E-state index contributed by atoms with van der Waals surface area (Å²) < 4.78 is 30.9. The zero-order chi connectivity index (χ0) is 59.3. The summed E-state index contributed by atoms with van der Waals surface area (Å²) >= 11 is 0. The third-order valence-electron chi connectivity index (χ3n) is 16.7. The normalized spacial score (nSPS) is 13.5. The van der Waals surface area contributed by atoms with Crippen molar-refractivity contribution in [2.24, 2.45) is 0 Å². The number of ether oxygens (including phenoxy) is 1. The Balaban J connectivity index is 5.02. The molecule has 0 heterocycles. The number of esters is 1. The molecule has 0 aromatic rings. The molecule has 0 bridgehead atoms. The molecule has 0 spiro atoms. The lowest BCUT2D eigenvalue weighted by atomic mass is 10.0. The summed E-state index contributed by atoms with van der Waals surface area (Å²) in [5, 5.41) is 3.08. The number of hydrogen-bond acceptors (Lipinski definition) is 6. The van der Waals surface area contributed by atoms with Gasteiger partial charge in [-0.15, -0.1) is 0 Å². The number of amides is 1. The summed E-state index contributed by atoms with van der Waals surface area (Å²) in [6.07, 6.45) is 73.7. The third-order valence-corrected chi connectivity index (χ3v) is 17.7. The summed E-state index contributed by atoms with van der Waals surface area (Å²) in [7, 11) is 1.52. The van der Waals surface area contributed by atoms with Gasteiger partial charge in [0.25, 0.3) is 0 Å². The van der Waals surface area contributed by atoms with E-state index >= 15 is 0 Å². The molecule has 3 atom stereocenters. The number of likely N-dealkylation sites (N-methyl/N-ethyl adjacent to an activating group) is 1. The molecule has 0 saturated heterocycles.